The molecule has 0 amide bonds. The van der Waals surface area contributed by atoms with Crippen LogP contribution in [0.15, 0.2) is 54.9 Å². The number of benzene rings is 1. The molecule has 1 aliphatic heterocycles. The van der Waals surface area contributed by atoms with Crippen LogP contribution in [-0.2, 0) is 6.54 Å². The topological polar surface area (TPSA) is 48.4 Å². The second-order valence-corrected chi connectivity index (χ2v) is 6.55. The van der Waals surface area contributed by atoms with Gasteiger partial charge < -0.3 is 10.4 Å². The predicted octanol–water partition coefficient (Wildman–Crippen LogP) is 2.76. The summed E-state index contributed by atoms with van der Waals surface area (Å²) in [5, 5.41) is 13.1. The van der Waals surface area contributed by atoms with E-state index in [1.54, 1.807) is 0 Å². The third-order valence-corrected chi connectivity index (χ3v) is 4.77. The molecule has 2 aromatic rings. The highest BCUT2D eigenvalue weighted by Crippen LogP contribution is 2.21. The largest absolute Gasteiger partial charge is 0.396 e. The van der Waals surface area contributed by atoms with Gasteiger partial charge in [0.15, 0.2) is 0 Å². The zero-order valence-electron chi connectivity index (χ0n) is 14.1. The van der Waals surface area contributed by atoms with Crippen LogP contribution < -0.4 is 5.32 Å². The Bertz CT molecular complexity index is 582. The molecule has 0 radical (unpaired) electrons. The molecule has 3 rings (SSSR count). The third kappa shape index (κ3) is 4.87. The van der Waals surface area contributed by atoms with Crippen molar-refractivity contribution in [2.45, 2.75) is 37.9 Å². The van der Waals surface area contributed by atoms with Crippen molar-refractivity contribution in [2.24, 2.45) is 0 Å². The maximum Gasteiger partial charge on any atom is 0.0449 e. The van der Waals surface area contributed by atoms with Crippen molar-refractivity contribution in [3.05, 3.63) is 66.0 Å². The molecule has 0 spiro atoms. The van der Waals surface area contributed by atoms with Crippen molar-refractivity contribution in [3.8, 4) is 0 Å². The number of aliphatic hydroxyl groups excluding tert-OH is 1. The van der Waals surface area contributed by atoms with Gasteiger partial charge in [-0.3, -0.25) is 9.88 Å². The van der Waals surface area contributed by atoms with Gasteiger partial charge in [-0.15, -0.1) is 0 Å². The molecule has 4 heteroatoms. The summed E-state index contributed by atoms with van der Waals surface area (Å²) >= 11 is 0. The molecule has 1 aromatic carbocycles. The first-order chi connectivity index (χ1) is 11.8. The van der Waals surface area contributed by atoms with Gasteiger partial charge in [0.1, 0.15) is 0 Å². The summed E-state index contributed by atoms with van der Waals surface area (Å²) in [6, 6.07) is 15.4. The van der Waals surface area contributed by atoms with Crippen LogP contribution in [0.1, 0.15) is 36.4 Å². The summed E-state index contributed by atoms with van der Waals surface area (Å²) in [6.07, 6.45) is 6.84. The van der Waals surface area contributed by atoms with Crippen molar-refractivity contribution in [3.63, 3.8) is 0 Å². The highest BCUT2D eigenvalue weighted by atomic mass is 16.3. The van der Waals surface area contributed by atoms with Crippen LogP contribution in [0.4, 0.5) is 0 Å². The van der Waals surface area contributed by atoms with Crippen LogP contribution in [0.25, 0.3) is 0 Å². The van der Waals surface area contributed by atoms with Crippen LogP contribution >= 0.6 is 0 Å². The number of nitrogens with zero attached hydrogens (tertiary/aromatic N) is 2. The lowest BCUT2D eigenvalue weighted by Gasteiger charge is -2.34. The van der Waals surface area contributed by atoms with Gasteiger partial charge in [-0.1, -0.05) is 36.4 Å². The number of hydrogen-bond acceptors (Lipinski definition) is 4. The molecule has 0 bridgehead atoms. The average Bonchev–Trinajstić information content (AvgIpc) is 2.64. The minimum atomic E-state index is 0.215. The molecular formula is C20H27N3O. The Morgan fingerprint density at radius 1 is 1.12 bits per heavy atom. The Hall–Kier alpha value is -1.75. The summed E-state index contributed by atoms with van der Waals surface area (Å²) in [5.74, 6) is 0. The summed E-state index contributed by atoms with van der Waals surface area (Å²) in [6.45, 7) is 3.41. The minimum Gasteiger partial charge on any atom is -0.396 e. The average molecular weight is 325 g/mol. The summed E-state index contributed by atoms with van der Waals surface area (Å²) in [4.78, 5) is 6.69. The molecule has 0 aliphatic carbocycles. The van der Waals surface area contributed by atoms with Crippen molar-refractivity contribution >= 4 is 0 Å². The van der Waals surface area contributed by atoms with E-state index in [1.165, 1.54) is 11.1 Å². The zero-order valence-corrected chi connectivity index (χ0v) is 14.1. The molecule has 0 unspecified atom stereocenters. The number of piperidine rings is 1. The number of rotatable bonds is 7. The molecule has 4 nitrogen and oxygen atoms in total. The Balaban J connectivity index is 1.50. The lowest BCUT2D eigenvalue weighted by Crippen LogP contribution is -2.43. The molecule has 1 atom stereocenters. The lowest BCUT2D eigenvalue weighted by atomic mass is 9.99. The Morgan fingerprint density at radius 2 is 1.92 bits per heavy atom. The van der Waals surface area contributed by atoms with Crippen LogP contribution in [0.2, 0.25) is 0 Å². The number of aromatic nitrogens is 1. The van der Waals surface area contributed by atoms with E-state index in [1.807, 2.05) is 24.5 Å². The fourth-order valence-corrected chi connectivity index (χ4v) is 3.45. The molecule has 1 fully saturated rings. The van der Waals surface area contributed by atoms with Gasteiger partial charge in [-0.2, -0.15) is 0 Å². The quantitative estimate of drug-likeness (QED) is 0.822. The molecule has 2 heterocycles. The number of aliphatic hydroxyl groups is 1. The summed E-state index contributed by atoms with van der Waals surface area (Å²) < 4.78 is 0. The van der Waals surface area contributed by atoms with Gasteiger partial charge in [-0.25, -0.2) is 0 Å². The zero-order chi connectivity index (χ0) is 16.6. The van der Waals surface area contributed by atoms with Crippen molar-refractivity contribution in [1.82, 2.24) is 15.2 Å². The fourth-order valence-electron chi connectivity index (χ4n) is 3.45. The van der Waals surface area contributed by atoms with Crippen LogP contribution in [0, 0.1) is 0 Å². The van der Waals surface area contributed by atoms with Crippen molar-refractivity contribution in [1.29, 1.82) is 0 Å². The van der Waals surface area contributed by atoms with Crippen LogP contribution in [-0.4, -0.2) is 40.7 Å². The Labute approximate surface area is 144 Å². The number of likely N-dealkylation sites (tertiary alicyclic amines) is 1. The Morgan fingerprint density at radius 3 is 2.58 bits per heavy atom. The van der Waals surface area contributed by atoms with Gasteiger partial charge in [0.05, 0.1) is 0 Å². The maximum absolute atomic E-state index is 9.38. The molecule has 2 N–H and O–H groups in total. The normalized spacial score (nSPS) is 17.7. The van der Waals surface area contributed by atoms with Gasteiger partial charge in [0, 0.05) is 37.6 Å². The number of hydrogen-bond donors (Lipinski definition) is 2. The SMILES string of the molecule is OCC[C@@H](NC1CCN(Cc2cccnc2)CC1)c1ccccc1. The van der Waals surface area contributed by atoms with E-state index in [0.717, 1.165) is 38.9 Å². The monoisotopic (exact) mass is 325 g/mol. The van der Waals surface area contributed by atoms with Gasteiger partial charge >= 0.3 is 0 Å². The Kier molecular flexibility index (Phi) is 6.35. The predicted molar refractivity (Wildman–Crippen MR) is 96.6 cm³/mol. The van der Waals surface area contributed by atoms with Crippen molar-refractivity contribution in [2.75, 3.05) is 19.7 Å². The number of nitrogens with one attached hydrogen (secondary N) is 1. The highest BCUT2D eigenvalue weighted by molar-refractivity contribution is 5.19. The first-order valence-electron chi connectivity index (χ1n) is 8.88. The standard InChI is InChI=1S/C20H27N3O/c24-14-10-20(18-6-2-1-3-7-18)22-19-8-12-23(13-9-19)16-17-5-4-11-21-15-17/h1-7,11,15,19-20,22,24H,8-10,12-14,16H2/t20-/m1/s1. The lowest BCUT2D eigenvalue weighted by molar-refractivity contribution is 0.177. The van der Waals surface area contributed by atoms with E-state index < -0.39 is 0 Å². The van der Waals surface area contributed by atoms with Crippen molar-refractivity contribution < 1.29 is 5.11 Å². The third-order valence-electron chi connectivity index (χ3n) is 4.77. The van der Waals surface area contributed by atoms with E-state index in [9.17, 15) is 5.11 Å². The van der Waals surface area contributed by atoms with Crippen LogP contribution in [0.5, 0.6) is 0 Å². The maximum atomic E-state index is 9.38. The minimum absolute atomic E-state index is 0.215. The van der Waals surface area contributed by atoms with Crippen LogP contribution in [0.3, 0.4) is 0 Å². The fraction of sp³-hybridized carbons (Fsp3) is 0.450. The summed E-state index contributed by atoms with van der Waals surface area (Å²) in [7, 11) is 0. The van der Waals surface area contributed by atoms with Gasteiger partial charge in [-0.05, 0) is 49.5 Å². The molecule has 1 aromatic heterocycles. The smallest absolute Gasteiger partial charge is 0.0449 e. The molecular weight excluding hydrogens is 298 g/mol. The molecule has 128 valence electrons. The first-order valence-corrected chi connectivity index (χ1v) is 8.88. The molecule has 1 aliphatic rings. The second-order valence-electron chi connectivity index (χ2n) is 6.55. The highest BCUT2D eigenvalue weighted by Gasteiger charge is 2.22. The molecule has 24 heavy (non-hydrogen) atoms. The van der Waals surface area contributed by atoms with E-state index in [4.69, 9.17) is 0 Å². The van der Waals surface area contributed by atoms with E-state index in [-0.39, 0.29) is 12.6 Å². The van der Waals surface area contributed by atoms with E-state index in [0.29, 0.717) is 6.04 Å². The molecule has 0 saturated carbocycles. The van der Waals surface area contributed by atoms with E-state index >= 15 is 0 Å². The van der Waals surface area contributed by atoms with E-state index in [2.05, 4.69) is 45.5 Å². The van der Waals surface area contributed by atoms with Gasteiger partial charge in [0.2, 0.25) is 0 Å². The first kappa shape index (κ1) is 17.1. The summed E-state index contributed by atoms with van der Waals surface area (Å²) in [5.41, 5.74) is 2.55. The van der Waals surface area contributed by atoms with Gasteiger partial charge in [0.25, 0.3) is 0 Å². The molecule has 1 saturated heterocycles. The second kappa shape index (κ2) is 8.92. The number of pyridine rings is 1.